The Labute approximate surface area is 117 Å². The lowest BCUT2D eigenvalue weighted by atomic mass is 9.85. The molecular weight excluding hydrogens is 234 g/mol. The summed E-state index contributed by atoms with van der Waals surface area (Å²) in [6.45, 7) is 9.12. The second-order valence-corrected chi connectivity index (χ2v) is 6.46. The van der Waals surface area contributed by atoms with Crippen molar-refractivity contribution in [2.24, 2.45) is 11.1 Å². The Kier molecular flexibility index (Phi) is 4.46. The Morgan fingerprint density at radius 2 is 2.11 bits per heavy atom. The fraction of sp³-hybridized carbons (Fsp3) is 0.688. The summed E-state index contributed by atoms with van der Waals surface area (Å²) >= 11 is 0. The van der Waals surface area contributed by atoms with Gasteiger partial charge >= 0.3 is 0 Å². The molecule has 0 aliphatic carbocycles. The van der Waals surface area contributed by atoms with Crippen molar-refractivity contribution in [3.8, 4) is 0 Å². The monoisotopic (exact) mass is 261 g/mol. The van der Waals surface area contributed by atoms with E-state index >= 15 is 0 Å². The zero-order valence-corrected chi connectivity index (χ0v) is 12.5. The van der Waals surface area contributed by atoms with Gasteiger partial charge in [-0.1, -0.05) is 20.8 Å². The second-order valence-electron chi connectivity index (χ2n) is 6.46. The zero-order valence-electron chi connectivity index (χ0n) is 12.5. The standard InChI is InChI=1S/C16H27N3/c1-4-14(17)15-7-6-13(12-18-15)19-10-5-8-16(2,3)9-11-19/h6-7,12,14H,4-5,8-11,17H2,1-3H3/t14-/m0/s1. The molecule has 2 N–H and O–H groups in total. The summed E-state index contributed by atoms with van der Waals surface area (Å²) in [7, 11) is 0. The number of nitrogens with two attached hydrogens (primary N) is 1. The molecule has 3 nitrogen and oxygen atoms in total. The van der Waals surface area contributed by atoms with Crippen LogP contribution >= 0.6 is 0 Å². The van der Waals surface area contributed by atoms with Crippen LogP contribution in [0, 0.1) is 5.41 Å². The Bertz CT molecular complexity index is 397. The van der Waals surface area contributed by atoms with Gasteiger partial charge in [0.1, 0.15) is 0 Å². The Morgan fingerprint density at radius 1 is 1.32 bits per heavy atom. The van der Waals surface area contributed by atoms with Crippen molar-refractivity contribution in [2.75, 3.05) is 18.0 Å². The lowest BCUT2D eigenvalue weighted by Crippen LogP contribution is -2.25. The maximum atomic E-state index is 6.01. The van der Waals surface area contributed by atoms with Crippen molar-refractivity contribution in [3.63, 3.8) is 0 Å². The molecule has 3 heteroatoms. The topological polar surface area (TPSA) is 42.1 Å². The highest BCUT2D eigenvalue weighted by molar-refractivity contribution is 5.45. The van der Waals surface area contributed by atoms with Crippen molar-refractivity contribution in [1.29, 1.82) is 0 Å². The Morgan fingerprint density at radius 3 is 2.74 bits per heavy atom. The molecule has 0 bridgehead atoms. The van der Waals surface area contributed by atoms with Gasteiger partial charge in [0.05, 0.1) is 17.6 Å². The van der Waals surface area contributed by atoms with Gasteiger partial charge in [-0.15, -0.1) is 0 Å². The van der Waals surface area contributed by atoms with E-state index in [0.717, 1.165) is 25.2 Å². The van der Waals surface area contributed by atoms with Crippen molar-refractivity contribution < 1.29 is 0 Å². The smallest absolute Gasteiger partial charge is 0.0572 e. The summed E-state index contributed by atoms with van der Waals surface area (Å²) in [5.74, 6) is 0. The Hall–Kier alpha value is -1.09. The van der Waals surface area contributed by atoms with Gasteiger partial charge in [0.25, 0.3) is 0 Å². The molecule has 0 radical (unpaired) electrons. The van der Waals surface area contributed by atoms with Crippen LogP contribution in [0.4, 0.5) is 5.69 Å². The van der Waals surface area contributed by atoms with Gasteiger partial charge in [0.2, 0.25) is 0 Å². The van der Waals surface area contributed by atoms with Gasteiger partial charge in [0.15, 0.2) is 0 Å². The van der Waals surface area contributed by atoms with Crippen LogP contribution in [0.1, 0.15) is 58.2 Å². The van der Waals surface area contributed by atoms with E-state index in [4.69, 9.17) is 5.73 Å². The SMILES string of the molecule is CC[C@H](N)c1ccc(N2CCCC(C)(C)CC2)cn1. The van der Waals surface area contributed by atoms with Crippen LogP contribution in [0.25, 0.3) is 0 Å². The van der Waals surface area contributed by atoms with Crippen molar-refractivity contribution in [3.05, 3.63) is 24.0 Å². The average Bonchev–Trinajstić information content (AvgIpc) is 2.59. The molecule has 2 heterocycles. The number of aromatic nitrogens is 1. The van der Waals surface area contributed by atoms with Crippen molar-refractivity contribution in [1.82, 2.24) is 4.98 Å². The molecule has 1 aliphatic rings. The highest BCUT2D eigenvalue weighted by Crippen LogP contribution is 2.31. The fourth-order valence-electron chi connectivity index (χ4n) is 2.69. The van der Waals surface area contributed by atoms with Crippen LogP contribution in [0.2, 0.25) is 0 Å². The molecule has 1 fully saturated rings. The number of pyridine rings is 1. The van der Waals surface area contributed by atoms with E-state index in [9.17, 15) is 0 Å². The maximum absolute atomic E-state index is 6.01. The summed E-state index contributed by atoms with van der Waals surface area (Å²) in [5.41, 5.74) is 8.73. The second kappa shape index (κ2) is 5.91. The van der Waals surface area contributed by atoms with E-state index in [1.54, 1.807) is 0 Å². The van der Waals surface area contributed by atoms with Gasteiger partial charge in [-0.05, 0) is 43.2 Å². The lowest BCUT2D eigenvalue weighted by Gasteiger charge is -2.25. The van der Waals surface area contributed by atoms with Gasteiger partial charge in [-0.3, -0.25) is 4.98 Å². The zero-order chi connectivity index (χ0) is 13.9. The largest absolute Gasteiger partial charge is 0.370 e. The number of rotatable bonds is 3. The van der Waals surface area contributed by atoms with Crippen LogP contribution in [0.5, 0.6) is 0 Å². The summed E-state index contributed by atoms with van der Waals surface area (Å²) in [5, 5.41) is 0. The summed E-state index contributed by atoms with van der Waals surface area (Å²) < 4.78 is 0. The molecule has 0 unspecified atom stereocenters. The normalized spacial score (nSPS) is 20.9. The molecule has 1 aliphatic heterocycles. The molecule has 106 valence electrons. The number of hydrogen-bond donors (Lipinski definition) is 1. The molecule has 1 aromatic rings. The third kappa shape index (κ3) is 3.69. The first kappa shape index (κ1) is 14.3. The average molecular weight is 261 g/mol. The minimum Gasteiger partial charge on any atom is -0.370 e. The minimum atomic E-state index is 0.0668. The molecule has 0 spiro atoms. The number of nitrogens with zero attached hydrogens (tertiary/aromatic N) is 2. The van der Waals surface area contributed by atoms with E-state index in [1.807, 2.05) is 6.20 Å². The Balaban J connectivity index is 2.05. The van der Waals surface area contributed by atoms with Gasteiger partial charge in [-0.2, -0.15) is 0 Å². The van der Waals surface area contributed by atoms with E-state index in [2.05, 4.69) is 42.8 Å². The third-order valence-corrected chi connectivity index (χ3v) is 4.30. The minimum absolute atomic E-state index is 0.0668. The van der Waals surface area contributed by atoms with Crippen LogP contribution in [0.15, 0.2) is 18.3 Å². The predicted molar refractivity (Wildman–Crippen MR) is 81.3 cm³/mol. The first-order chi connectivity index (χ1) is 9.02. The summed E-state index contributed by atoms with van der Waals surface area (Å²) in [4.78, 5) is 6.99. The highest BCUT2D eigenvalue weighted by atomic mass is 15.1. The summed E-state index contributed by atoms with van der Waals surface area (Å²) in [6, 6.07) is 4.33. The van der Waals surface area contributed by atoms with Gasteiger partial charge < -0.3 is 10.6 Å². The quantitative estimate of drug-likeness (QED) is 0.905. The van der Waals surface area contributed by atoms with Crippen LogP contribution in [-0.4, -0.2) is 18.1 Å². The van der Waals surface area contributed by atoms with Gasteiger partial charge in [-0.25, -0.2) is 0 Å². The van der Waals surface area contributed by atoms with Crippen LogP contribution < -0.4 is 10.6 Å². The molecule has 2 rings (SSSR count). The molecule has 1 aromatic heterocycles. The highest BCUT2D eigenvalue weighted by Gasteiger charge is 2.23. The number of hydrogen-bond acceptors (Lipinski definition) is 3. The van der Waals surface area contributed by atoms with Crippen molar-refractivity contribution in [2.45, 2.75) is 52.5 Å². The van der Waals surface area contributed by atoms with E-state index in [1.165, 1.54) is 24.9 Å². The molecule has 1 saturated heterocycles. The molecule has 1 atom stereocenters. The molecular formula is C16H27N3. The lowest BCUT2D eigenvalue weighted by molar-refractivity contribution is 0.325. The first-order valence-corrected chi connectivity index (χ1v) is 7.48. The van der Waals surface area contributed by atoms with Crippen LogP contribution in [-0.2, 0) is 0 Å². The van der Waals surface area contributed by atoms with Crippen molar-refractivity contribution >= 4 is 5.69 Å². The van der Waals surface area contributed by atoms with Gasteiger partial charge in [0, 0.05) is 19.1 Å². The van der Waals surface area contributed by atoms with E-state index < -0.39 is 0 Å². The van der Waals surface area contributed by atoms with E-state index in [0.29, 0.717) is 5.41 Å². The first-order valence-electron chi connectivity index (χ1n) is 7.48. The summed E-state index contributed by atoms with van der Waals surface area (Å²) in [6.07, 6.45) is 6.76. The molecule has 0 amide bonds. The maximum Gasteiger partial charge on any atom is 0.0572 e. The molecule has 0 saturated carbocycles. The number of anilines is 1. The molecule has 19 heavy (non-hydrogen) atoms. The van der Waals surface area contributed by atoms with Crippen LogP contribution in [0.3, 0.4) is 0 Å². The fourth-order valence-corrected chi connectivity index (χ4v) is 2.69. The molecule has 0 aromatic carbocycles. The predicted octanol–water partition coefficient (Wildman–Crippen LogP) is 3.51. The van der Waals surface area contributed by atoms with E-state index in [-0.39, 0.29) is 6.04 Å². The third-order valence-electron chi connectivity index (χ3n) is 4.30.